The number of nitro groups is 1. The number of carbonyl (C=O) groups excluding carboxylic acids is 3. The number of nitrogens with one attached hydrogen (secondary N) is 2. The van der Waals surface area contributed by atoms with E-state index in [1.54, 1.807) is 40.7 Å². The molecule has 1 unspecified atom stereocenters. The van der Waals surface area contributed by atoms with Crippen LogP contribution >= 0.6 is 0 Å². The summed E-state index contributed by atoms with van der Waals surface area (Å²) in [6.07, 6.45) is 0.168. The third-order valence-electron chi connectivity index (χ3n) is 6.10. The summed E-state index contributed by atoms with van der Waals surface area (Å²) in [5, 5.41) is 17.4. The van der Waals surface area contributed by atoms with Crippen LogP contribution in [0.15, 0.2) is 77.1 Å². The summed E-state index contributed by atoms with van der Waals surface area (Å²) in [6.45, 7) is 8.53. The molecule has 206 valence electrons. The van der Waals surface area contributed by atoms with E-state index in [9.17, 15) is 24.5 Å². The molecule has 2 atom stereocenters. The summed E-state index contributed by atoms with van der Waals surface area (Å²) in [5.74, 6) is -2.93. The molecule has 2 N–H and O–H groups in total. The van der Waals surface area contributed by atoms with Gasteiger partial charge >= 0.3 is 11.9 Å². The highest BCUT2D eigenvalue weighted by atomic mass is 16.6. The monoisotopic (exact) mass is 535 g/mol. The maximum atomic E-state index is 13.9. The Morgan fingerprint density at radius 2 is 1.67 bits per heavy atom. The predicted octanol–water partition coefficient (Wildman–Crippen LogP) is 4.07. The lowest BCUT2D eigenvalue weighted by Crippen LogP contribution is -2.47. The number of rotatable bonds is 8. The fraction of sp³-hybridized carbons (Fsp3) is 0.345. The third kappa shape index (κ3) is 7.10. The Kier molecular flexibility index (Phi) is 8.90. The summed E-state index contributed by atoms with van der Waals surface area (Å²) in [4.78, 5) is 51.0. The molecule has 10 heteroatoms. The van der Waals surface area contributed by atoms with Gasteiger partial charge < -0.3 is 20.1 Å². The second-order valence-electron chi connectivity index (χ2n) is 10.2. The number of carbonyl (C=O) groups is 3. The molecule has 0 saturated heterocycles. The number of esters is 2. The van der Waals surface area contributed by atoms with Gasteiger partial charge in [0.1, 0.15) is 11.6 Å². The molecule has 0 aliphatic carbocycles. The van der Waals surface area contributed by atoms with Gasteiger partial charge in [-0.1, -0.05) is 42.5 Å². The van der Waals surface area contributed by atoms with Gasteiger partial charge in [0, 0.05) is 35.5 Å². The van der Waals surface area contributed by atoms with Crippen molar-refractivity contribution in [1.82, 2.24) is 10.6 Å². The number of amides is 1. The molecule has 0 spiro atoms. The van der Waals surface area contributed by atoms with E-state index < -0.39 is 40.3 Å². The molecule has 1 aliphatic rings. The second kappa shape index (κ2) is 11.9. The topological polar surface area (TPSA) is 137 Å². The summed E-state index contributed by atoms with van der Waals surface area (Å²) >= 11 is 0. The van der Waals surface area contributed by atoms with Crippen molar-refractivity contribution in [3.05, 3.63) is 98.4 Å². The van der Waals surface area contributed by atoms with Crippen molar-refractivity contribution in [2.24, 2.45) is 0 Å². The number of benzene rings is 2. The number of nitro benzene ring substituents is 1. The van der Waals surface area contributed by atoms with E-state index in [-0.39, 0.29) is 23.3 Å². The molecule has 0 saturated carbocycles. The molecule has 0 fully saturated rings. The summed E-state index contributed by atoms with van der Waals surface area (Å²) in [7, 11) is 1.22. The summed E-state index contributed by atoms with van der Waals surface area (Å²) in [5.41, 5.74) is 1.31. The van der Waals surface area contributed by atoms with Crippen molar-refractivity contribution in [1.29, 1.82) is 0 Å². The van der Waals surface area contributed by atoms with Gasteiger partial charge in [0.25, 0.3) is 11.6 Å². The predicted molar refractivity (Wildman–Crippen MR) is 144 cm³/mol. The minimum absolute atomic E-state index is 0.128. The number of dihydropyridines is 1. The third-order valence-corrected chi connectivity index (χ3v) is 6.10. The molecule has 0 bridgehead atoms. The van der Waals surface area contributed by atoms with Crippen LogP contribution in [0.2, 0.25) is 0 Å². The van der Waals surface area contributed by atoms with E-state index in [1.807, 2.05) is 30.3 Å². The average Bonchev–Trinajstić information content (AvgIpc) is 2.87. The van der Waals surface area contributed by atoms with Gasteiger partial charge in [-0.05, 0) is 45.7 Å². The average molecular weight is 536 g/mol. The van der Waals surface area contributed by atoms with Crippen molar-refractivity contribution in [3.8, 4) is 0 Å². The Labute approximate surface area is 227 Å². The Bertz CT molecular complexity index is 1340. The molecular weight excluding hydrogens is 502 g/mol. The van der Waals surface area contributed by atoms with Crippen LogP contribution in [-0.2, 0) is 30.3 Å². The first kappa shape index (κ1) is 29.1. The maximum Gasteiger partial charge on any atom is 0.336 e. The van der Waals surface area contributed by atoms with E-state index in [0.29, 0.717) is 17.0 Å². The highest BCUT2D eigenvalue weighted by Crippen LogP contribution is 2.39. The molecule has 1 aliphatic heterocycles. The van der Waals surface area contributed by atoms with Crippen molar-refractivity contribution < 1.29 is 28.8 Å². The molecule has 10 nitrogen and oxygen atoms in total. The highest BCUT2D eigenvalue weighted by Gasteiger charge is 2.39. The number of non-ortho nitro benzene ring substituents is 1. The minimum Gasteiger partial charge on any atom is -0.466 e. The SMILES string of the molecule is COC(=O)C1=C(C)NC(C)=C(C(=O)N[C@@H](Cc2ccccc2)C(=O)OC(C)(C)C)C1c1cccc([N+](=O)[O-])c1. The number of hydrogen-bond acceptors (Lipinski definition) is 8. The molecule has 1 heterocycles. The summed E-state index contributed by atoms with van der Waals surface area (Å²) in [6, 6.07) is 13.9. The van der Waals surface area contributed by atoms with Gasteiger partial charge in [0.05, 0.1) is 23.5 Å². The quantitative estimate of drug-likeness (QED) is 0.293. The van der Waals surface area contributed by atoms with Crippen molar-refractivity contribution >= 4 is 23.5 Å². The lowest BCUT2D eigenvalue weighted by molar-refractivity contribution is -0.384. The van der Waals surface area contributed by atoms with Crippen LogP contribution in [-0.4, -0.2) is 41.5 Å². The van der Waals surface area contributed by atoms with E-state index >= 15 is 0 Å². The normalized spacial score (nSPS) is 16.2. The van der Waals surface area contributed by atoms with Crippen LogP contribution in [0.4, 0.5) is 5.69 Å². The molecule has 1 amide bonds. The largest absolute Gasteiger partial charge is 0.466 e. The van der Waals surface area contributed by atoms with Crippen LogP contribution < -0.4 is 10.6 Å². The van der Waals surface area contributed by atoms with Gasteiger partial charge in [-0.15, -0.1) is 0 Å². The molecule has 2 aromatic rings. The van der Waals surface area contributed by atoms with Crippen LogP contribution in [0.1, 0.15) is 51.7 Å². The molecule has 2 aromatic carbocycles. The Morgan fingerprint density at radius 1 is 1.03 bits per heavy atom. The van der Waals surface area contributed by atoms with Crippen LogP contribution in [0.3, 0.4) is 0 Å². The Morgan fingerprint density at radius 3 is 2.26 bits per heavy atom. The molecule has 0 aromatic heterocycles. The van der Waals surface area contributed by atoms with Gasteiger partial charge in [0.2, 0.25) is 0 Å². The first-order valence-electron chi connectivity index (χ1n) is 12.4. The van der Waals surface area contributed by atoms with E-state index in [1.165, 1.54) is 25.3 Å². The van der Waals surface area contributed by atoms with Gasteiger partial charge in [0.15, 0.2) is 0 Å². The smallest absolute Gasteiger partial charge is 0.336 e. The zero-order chi connectivity index (χ0) is 28.9. The van der Waals surface area contributed by atoms with Crippen molar-refractivity contribution in [2.45, 2.75) is 58.6 Å². The number of nitrogens with zero attached hydrogens (tertiary/aromatic N) is 1. The highest BCUT2D eigenvalue weighted by molar-refractivity contribution is 6.03. The van der Waals surface area contributed by atoms with E-state index in [2.05, 4.69) is 10.6 Å². The first-order chi connectivity index (χ1) is 18.3. The van der Waals surface area contributed by atoms with Crippen molar-refractivity contribution in [3.63, 3.8) is 0 Å². The standard InChI is InChI=1S/C29H33N3O7/c1-17-23(26(33)31-22(27(34)39-29(3,4)5)15-19-11-8-7-9-12-19)25(24(18(2)30-17)28(35)38-6)20-13-10-14-21(16-20)32(36)37/h7-14,16,22,25,30H,15H2,1-6H3,(H,31,33)/t22-,25?/m0/s1. The van der Waals surface area contributed by atoms with Gasteiger partial charge in [-0.2, -0.15) is 0 Å². The maximum absolute atomic E-state index is 13.9. The van der Waals surface area contributed by atoms with E-state index in [4.69, 9.17) is 9.47 Å². The van der Waals surface area contributed by atoms with Crippen LogP contribution in [0, 0.1) is 10.1 Å². The van der Waals surface area contributed by atoms with Crippen LogP contribution in [0.5, 0.6) is 0 Å². The van der Waals surface area contributed by atoms with Crippen LogP contribution in [0.25, 0.3) is 0 Å². The Balaban J connectivity index is 2.08. The number of methoxy groups -OCH3 is 1. The second-order valence-corrected chi connectivity index (χ2v) is 10.2. The number of ether oxygens (including phenoxy) is 2. The zero-order valence-electron chi connectivity index (χ0n) is 22.9. The molecule has 3 rings (SSSR count). The number of allylic oxidation sites excluding steroid dienone is 2. The van der Waals surface area contributed by atoms with E-state index in [0.717, 1.165) is 5.56 Å². The Hall–Kier alpha value is -4.47. The molecule has 0 radical (unpaired) electrons. The number of hydrogen-bond donors (Lipinski definition) is 2. The van der Waals surface area contributed by atoms with Crippen molar-refractivity contribution in [2.75, 3.05) is 7.11 Å². The minimum atomic E-state index is -1.04. The van der Waals surface area contributed by atoms with Gasteiger partial charge in [-0.3, -0.25) is 14.9 Å². The van der Waals surface area contributed by atoms with Gasteiger partial charge in [-0.25, -0.2) is 9.59 Å². The first-order valence-corrected chi connectivity index (χ1v) is 12.4. The fourth-order valence-electron chi connectivity index (χ4n) is 4.48. The lowest BCUT2D eigenvalue weighted by Gasteiger charge is -2.32. The fourth-order valence-corrected chi connectivity index (χ4v) is 4.48. The molecule has 39 heavy (non-hydrogen) atoms. The molecular formula is C29H33N3O7. The lowest BCUT2D eigenvalue weighted by atomic mass is 9.79. The summed E-state index contributed by atoms with van der Waals surface area (Å²) < 4.78 is 10.6. The zero-order valence-corrected chi connectivity index (χ0v) is 22.9.